The van der Waals surface area contributed by atoms with Crippen molar-refractivity contribution in [3.05, 3.63) is 29.8 Å². The molecular formula is C7H11Al2N. The molecule has 0 aliphatic rings. The van der Waals surface area contributed by atoms with E-state index in [0.717, 1.165) is 33.0 Å². The van der Waals surface area contributed by atoms with Gasteiger partial charge in [0.15, 0.2) is 0 Å². The number of benzene rings is 1. The summed E-state index contributed by atoms with van der Waals surface area (Å²) in [7, 11) is 0. The molecule has 0 fully saturated rings. The fourth-order valence-corrected chi connectivity index (χ4v) is 1.44. The molecule has 0 aliphatic heterocycles. The minimum Gasteiger partial charge on any atom is -0.570 e. The fraction of sp³-hybridized carbons (Fsp3) is 0.143. The van der Waals surface area contributed by atoms with Crippen LogP contribution in [-0.4, -0.2) is 33.0 Å². The zero-order valence-corrected chi connectivity index (χ0v) is 10.8. The average Bonchev–Trinajstić information content (AvgIpc) is 1.88. The van der Waals surface area contributed by atoms with Gasteiger partial charge >= 0.3 is 33.0 Å². The third-order valence-electron chi connectivity index (χ3n) is 1.55. The molecule has 0 saturated heterocycles. The zero-order chi connectivity index (χ0) is 7.56. The van der Waals surface area contributed by atoms with E-state index in [2.05, 4.69) is 34.1 Å². The molecule has 0 heterocycles. The number of hydrogen-bond acceptors (Lipinski definition) is 1. The van der Waals surface area contributed by atoms with Crippen molar-refractivity contribution in [2.24, 2.45) is 0 Å². The Kier molecular flexibility index (Phi) is 2.84. The van der Waals surface area contributed by atoms with Crippen LogP contribution in [0, 0.1) is 6.92 Å². The summed E-state index contributed by atoms with van der Waals surface area (Å²) in [6.45, 7) is 2.12. The van der Waals surface area contributed by atoms with Crippen LogP contribution < -0.4 is 2.87 Å². The predicted octanol–water partition coefficient (Wildman–Crippen LogP) is -0.102. The van der Waals surface area contributed by atoms with Crippen LogP contribution in [0.5, 0.6) is 0 Å². The molecular weight excluding hydrogens is 152 g/mol. The molecule has 50 valence electrons. The van der Waals surface area contributed by atoms with Crippen molar-refractivity contribution in [3.63, 3.8) is 0 Å². The molecule has 0 amide bonds. The monoisotopic (exact) mass is 163 g/mol. The van der Waals surface area contributed by atoms with E-state index in [1.54, 1.807) is 0 Å². The van der Waals surface area contributed by atoms with Crippen molar-refractivity contribution in [3.8, 4) is 0 Å². The summed E-state index contributed by atoms with van der Waals surface area (Å²) in [4.78, 5) is 0. The van der Waals surface area contributed by atoms with Crippen molar-refractivity contribution in [2.45, 2.75) is 6.92 Å². The van der Waals surface area contributed by atoms with Gasteiger partial charge < -0.3 is 2.87 Å². The van der Waals surface area contributed by atoms with Gasteiger partial charge in [-0.1, -0.05) is 17.7 Å². The maximum Gasteiger partial charge on any atom is 0.336 e. The summed E-state index contributed by atoms with van der Waals surface area (Å²) >= 11 is 2.30. The highest BCUT2D eigenvalue weighted by molar-refractivity contribution is 6.41. The largest absolute Gasteiger partial charge is 0.570 e. The molecule has 0 bridgehead atoms. The molecule has 0 atom stereocenters. The van der Waals surface area contributed by atoms with E-state index in [1.165, 1.54) is 11.3 Å². The van der Waals surface area contributed by atoms with E-state index < -0.39 is 0 Å². The molecule has 1 aromatic rings. The lowest BCUT2D eigenvalue weighted by molar-refractivity contribution is 1.45. The molecule has 0 unspecified atom stereocenters. The average molecular weight is 163 g/mol. The van der Waals surface area contributed by atoms with Crippen molar-refractivity contribution in [1.29, 1.82) is 0 Å². The Hall–Kier alpha value is 0.0849. The van der Waals surface area contributed by atoms with Gasteiger partial charge in [0, 0.05) is 0 Å². The normalized spacial score (nSPS) is 9.30. The van der Waals surface area contributed by atoms with E-state index in [-0.39, 0.29) is 0 Å². The second-order valence-electron chi connectivity index (χ2n) is 2.73. The summed E-state index contributed by atoms with van der Waals surface area (Å²) in [5.74, 6) is 0. The van der Waals surface area contributed by atoms with Crippen LogP contribution in [0.2, 0.25) is 0 Å². The number of anilines is 1. The third kappa shape index (κ3) is 2.05. The molecule has 10 heavy (non-hydrogen) atoms. The summed E-state index contributed by atoms with van der Waals surface area (Å²) < 4.78 is 2.37. The quantitative estimate of drug-likeness (QED) is 0.522. The molecule has 0 radical (unpaired) electrons. The van der Waals surface area contributed by atoms with Crippen LogP contribution in [0.1, 0.15) is 5.56 Å². The molecule has 3 heteroatoms. The Bertz CT molecular complexity index is 205. The Balaban J connectivity index is 2.89. The number of hydrogen-bond donors (Lipinski definition) is 0. The predicted molar refractivity (Wildman–Crippen MR) is 50.7 cm³/mol. The van der Waals surface area contributed by atoms with Gasteiger partial charge in [0.05, 0.1) is 0 Å². The minimum atomic E-state index is 1.15. The first kappa shape index (κ1) is 8.18. The van der Waals surface area contributed by atoms with Crippen LogP contribution in [0.25, 0.3) is 0 Å². The van der Waals surface area contributed by atoms with Gasteiger partial charge in [0.25, 0.3) is 0 Å². The van der Waals surface area contributed by atoms with Crippen molar-refractivity contribution < 1.29 is 0 Å². The first-order valence-electron chi connectivity index (χ1n) is 3.44. The second kappa shape index (κ2) is 3.47. The Morgan fingerprint density at radius 2 is 1.60 bits per heavy atom. The molecule has 1 rings (SSSR count). The van der Waals surface area contributed by atoms with E-state index in [4.69, 9.17) is 0 Å². The standard InChI is InChI=1S/C7H7N.2Al.4H/c1-6-2-4-7(8)5-3-6;;;;;;/h2-5H,1H3;;;;;;. The highest BCUT2D eigenvalue weighted by Gasteiger charge is 1.90. The number of rotatable bonds is 1. The number of nitrogens with zero attached hydrogens (tertiary/aromatic N) is 1. The highest BCUT2D eigenvalue weighted by Crippen LogP contribution is 2.09. The van der Waals surface area contributed by atoms with E-state index in [0.29, 0.717) is 0 Å². The van der Waals surface area contributed by atoms with Crippen LogP contribution >= 0.6 is 0 Å². The summed E-state index contributed by atoms with van der Waals surface area (Å²) in [5, 5.41) is 0. The second-order valence-corrected chi connectivity index (χ2v) is 7.20. The van der Waals surface area contributed by atoms with Crippen LogP contribution in [0.4, 0.5) is 5.69 Å². The van der Waals surface area contributed by atoms with Gasteiger partial charge in [-0.3, -0.25) is 0 Å². The number of aryl methyl sites for hydroxylation is 1. The van der Waals surface area contributed by atoms with Crippen molar-refractivity contribution in [2.75, 3.05) is 2.87 Å². The van der Waals surface area contributed by atoms with Gasteiger partial charge in [-0.15, -0.1) is 0 Å². The lowest BCUT2D eigenvalue weighted by Gasteiger charge is -2.15. The highest BCUT2D eigenvalue weighted by atomic mass is 27.1. The molecule has 0 saturated carbocycles. The summed E-state index contributed by atoms with van der Waals surface area (Å²) in [6, 6.07) is 8.71. The topological polar surface area (TPSA) is 3.24 Å². The van der Waals surface area contributed by atoms with Gasteiger partial charge in [0.1, 0.15) is 0 Å². The fourth-order valence-electron chi connectivity index (χ4n) is 0.843. The molecule has 0 aliphatic carbocycles. The Morgan fingerprint density at radius 3 is 2.00 bits per heavy atom. The van der Waals surface area contributed by atoms with E-state index >= 15 is 0 Å². The first-order valence-corrected chi connectivity index (χ1v) is 5.23. The van der Waals surface area contributed by atoms with Crippen LogP contribution in [0.15, 0.2) is 24.3 Å². The molecule has 0 N–H and O–H groups in total. The van der Waals surface area contributed by atoms with Crippen LogP contribution in [0.3, 0.4) is 0 Å². The lowest BCUT2D eigenvalue weighted by Crippen LogP contribution is -2.13. The van der Waals surface area contributed by atoms with Crippen molar-refractivity contribution >= 4 is 38.7 Å². The van der Waals surface area contributed by atoms with Gasteiger partial charge in [-0.05, 0) is 24.7 Å². The van der Waals surface area contributed by atoms with Crippen LogP contribution in [-0.2, 0) is 0 Å². The van der Waals surface area contributed by atoms with Gasteiger partial charge in [-0.25, -0.2) is 0 Å². The maximum absolute atomic E-state index is 2.37. The van der Waals surface area contributed by atoms with E-state index in [1.807, 2.05) is 0 Å². The zero-order valence-electron chi connectivity index (χ0n) is 6.76. The summed E-state index contributed by atoms with van der Waals surface area (Å²) in [6.07, 6.45) is 0. The molecule has 1 nitrogen and oxygen atoms in total. The van der Waals surface area contributed by atoms with Crippen molar-refractivity contribution in [1.82, 2.24) is 0 Å². The third-order valence-corrected chi connectivity index (χ3v) is 2.58. The minimum absolute atomic E-state index is 1.15. The Labute approximate surface area is 78.3 Å². The SMILES string of the molecule is Cc1ccc([N]([AlH2])[AlH2])cc1. The van der Waals surface area contributed by atoms with Gasteiger partial charge in [0.2, 0.25) is 0 Å². The first-order chi connectivity index (χ1) is 4.70. The maximum atomic E-state index is 2.37. The molecule has 0 aromatic heterocycles. The summed E-state index contributed by atoms with van der Waals surface area (Å²) in [5.41, 5.74) is 2.72. The smallest absolute Gasteiger partial charge is 0.336 e. The Morgan fingerprint density at radius 1 is 1.10 bits per heavy atom. The molecule has 0 spiro atoms. The lowest BCUT2D eigenvalue weighted by atomic mass is 10.2. The van der Waals surface area contributed by atoms with E-state index in [9.17, 15) is 0 Å². The van der Waals surface area contributed by atoms with Gasteiger partial charge in [-0.2, -0.15) is 0 Å². The molecule has 1 aromatic carbocycles.